The Hall–Kier alpha value is -0.370. The van der Waals surface area contributed by atoms with Crippen molar-refractivity contribution in [3.63, 3.8) is 0 Å². The van der Waals surface area contributed by atoms with E-state index in [1.54, 1.807) is 0 Å². The molecule has 1 fully saturated rings. The van der Waals surface area contributed by atoms with E-state index in [0.29, 0.717) is 12.3 Å². The molecule has 1 aliphatic carbocycles. The highest BCUT2D eigenvalue weighted by atomic mass is 16.3. The van der Waals surface area contributed by atoms with Crippen LogP contribution < -0.4 is 0 Å². The van der Waals surface area contributed by atoms with Crippen molar-refractivity contribution < 1.29 is 9.90 Å². The molecule has 2 unspecified atom stereocenters. The largest absolute Gasteiger partial charge is 0.390 e. The molecule has 1 N–H and O–H groups in total. The lowest BCUT2D eigenvalue weighted by atomic mass is 9.76. The molecule has 2 nitrogen and oxygen atoms in total. The van der Waals surface area contributed by atoms with Gasteiger partial charge in [-0.2, -0.15) is 0 Å². The Kier molecular flexibility index (Phi) is 4.78. The molecule has 2 heteroatoms. The maximum atomic E-state index is 10.7. The summed E-state index contributed by atoms with van der Waals surface area (Å²) in [6.45, 7) is 4.41. The fourth-order valence-corrected chi connectivity index (χ4v) is 2.57. The lowest BCUT2D eigenvalue weighted by molar-refractivity contribution is -0.116. The lowest BCUT2D eigenvalue weighted by Gasteiger charge is -2.35. The minimum Gasteiger partial charge on any atom is -0.390 e. The van der Waals surface area contributed by atoms with Crippen LogP contribution in [0.4, 0.5) is 0 Å². The van der Waals surface area contributed by atoms with Gasteiger partial charge in [0.2, 0.25) is 0 Å². The van der Waals surface area contributed by atoms with E-state index in [-0.39, 0.29) is 5.92 Å². The fourth-order valence-electron chi connectivity index (χ4n) is 2.57. The molecule has 0 aromatic rings. The summed E-state index contributed by atoms with van der Waals surface area (Å²) in [7, 11) is 0. The summed E-state index contributed by atoms with van der Waals surface area (Å²) in [5.74, 6) is 0.807. The summed E-state index contributed by atoms with van der Waals surface area (Å²) in [5.41, 5.74) is -0.543. The molecule has 15 heavy (non-hydrogen) atoms. The number of carbonyl (C=O) groups is 1. The van der Waals surface area contributed by atoms with Gasteiger partial charge in [-0.15, -0.1) is 0 Å². The molecule has 0 bridgehead atoms. The van der Waals surface area contributed by atoms with E-state index in [2.05, 4.69) is 13.8 Å². The van der Waals surface area contributed by atoms with E-state index in [1.807, 2.05) is 0 Å². The summed E-state index contributed by atoms with van der Waals surface area (Å²) < 4.78 is 0. The summed E-state index contributed by atoms with van der Waals surface area (Å²) in [4.78, 5) is 10.7. The molecule has 1 rings (SSSR count). The van der Waals surface area contributed by atoms with Gasteiger partial charge in [-0.25, -0.2) is 0 Å². The molecule has 1 saturated carbocycles. The molecule has 0 amide bonds. The van der Waals surface area contributed by atoms with Crippen molar-refractivity contribution in [1.82, 2.24) is 0 Å². The van der Waals surface area contributed by atoms with Crippen LogP contribution in [-0.4, -0.2) is 17.0 Å². The van der Waals surface area contributed by atoms with Gasteiger partial charge in [0.05, 0.1) is 5.60 Å². The smallest absolute Gasteiger partial charge is 0.123 e. The van der Waals surface area contributed by atoms with Gasteiger partial charge in [0.1, 0.15) is 6.29 Å². The molecule has 1 aliphatic rings. The third-order valence-corrected chi connectivity index (χ3v) is 3.48. The molecule has 0 aliphatic heterocycles. The van der Waals surface area contributed by atoms with Crippen molar-refractivity contribution >= 4 is 6.29 Å². The van der Waals surface area contributed by atoms with Crippen LogP contribution in [0.2, 0.25) is 0 Å². The van der Waals surface area contributed by atoms with Crippen molar-refractivity contribution in [2.45, 2.75) is 64.4 Å². The van der Waals surface area contributed by atoms with Crippen molar-refractivity contribution in [1.29, 1.82) is 0 Å². The van der Waals surface area contributed by atoms with Crippen molar-refractivity contribution in [2.24, 2.45) is 11.8 Å². The van der Waals surface area contributed by atoms with Gasteiger partial charge in [-0.05, 0) is 38.0 Å². The summed E-state index contributed by atoms with van der Waals surface area (Å²) in [6, 6.07) is 0. The van der Waals surface area contributed by atoms with Crippen LogP contribution in [-0.2, 0) is 4.79 Å². The van der Waals surface area contributed by atoms with E-state index in [1.165, 1.54) is 6.42 Å². The molecule has 0 heterocycles. The number of hydrogen-bond donors (Lipinski definition) is 1. The second-order valence-corrected chi connectivity index (χ2v) is 5.50. The normalized spacial score (nSPS) is 31.9. The van der Waals surface area contributed by atoms with Crippen molar-refractivity contribution in [3.05, 3.63) is 0 Å². The zero-order chi connectivity index (χ0) is 11.3. The number of hydrogen-bond acceptors (Lipinski definition) is 2. The second-order valence-electron chi connectivity index (χ2n) is 5.50. The molecular formula is C13H24O2. The second kappa shape index (κ2) is 5.64. The van der Waals surface area contributed by atoms with Gasteiger partial charge in [0.15, 0.2) is 0 Å². The van der Waals surface area contributed by atoms with E-state index in [4.69, 9.17) is 0 Å². The molecule has 88 valence electrons. The van der Waals surface area contributed by atoms with Gasteiger partial charge in [0, 0.05) is 5.92 Å². The minimum atomic E-state index is -0.543. The summed E-state index contributed by atoms with van der Waals surface area (Å²) in [6.07, 6.45) is 7.69. The van der Waals surface area contributed by atoms with Gasteiger partial charge in [-0.3, -0.25) is 0 Å². The van der Waals surface area contributed by atoms with Gasteiger partial charge in [0.25, 0.3) is 0 Å². The molecule has 0 radical (unpaired) electrons. The lowest BCUT2D eigenvalue weighted by Crippen LogP contribution is -2.35. The Morgan fingerprint density at radius 1 is 1.53 bits per heavy atom. The Balaban J connectivity index is 2.33. The van der Waals surface area contributed by atoms with E-state index < -0.39 is 5.60 Å². The van der Waals surface area contributed by atoms with Crippen LogP contribution in [0.3, 0.4) is 0 Å². The summed E-state index contributed by atoms with van der Waals surface area (Å²) in [5, 5.41) is 10.3. The first-order valence-corrected chi connectivity index (χ1v) is 6.23. The number of aldehydes is 1. The Bertz CT molecular complexity index is 201. The van der Waals surface area contributed by atoms with Crippen LogP contribution in [0.1, 0.15) is 58.8 Å². The van der Waals surface area contributed by atoms with Crippen LogP contribution in [0.5, 0.6) is 0 Å². The monoisotopic (exact) mass is 212 g/mol. The Morgan fingerprint density at radius 2 is 2.27 bits per heavy atom. The van der Waals surface area contributed by atoms with Crippen LogP contribution in [0.15, 0.2) is 0 Å². The van der Waals surface area contributed by atoms with E-state index >= 15 is 0 Å². The average Bonchev–Trinajstić information content (AvgIpc) is 2.16. The maximum Gasteiger partial charge on any atom is 0.123 e. The van der Waals surface area contributed by atoms with Crippen LogP contribution in [0, 0.1) is 11.8 Å². The van der Waals surface area contributed by atoms with Crippen LogP contribution in [0.25, 0.3) is 0 Å². The molecule has 0 saturated heterocycles. The molecular weight excluding hydrogens is 188 g/mol. The SMILES string of the molecule is CC(C)CCCC1(O)CCCC(C=O)C1. The Morgan fingerprint density at radius 3 is 2.87 bits per heavy atom. The molecule has 0 spiro atoms. The number of rotatable bonds is 5. The third kappa shape index (κ3) is 4.33. The van der Waals surface area contributed by atoms with Crippen molar-refractivity contribution in [2.75, 3.05) is 0 Å². The van der Waals surface area contributed by atoms with Gasteiger partial charge in [-0.1, -0.05) is 26.7 Å². The number of carbonyl (C=O) groups excluding carboxylic acids is 1. The highest BCUT2D eigenvalue weighted by molar-refractivity contribution is 5.53. The fraction of sp³-hybridized carbons (Fsp3) is 0.923. The summed E-state index contributed by atoms with van der Waals surface area (Å²) >= 11 is 0. The topological polar surface area (TPSA) is 37.3 Å². The van der Waals surface area contributed by atoms with E-state index in [0.717, 1.165) is 38.4 Å². The molecule has 0 aromatic heterocycles. The van der Waals surface area contributed by atoms with E-state index in [9.17, 15) is 9.90 Å². The predicted octanol–water partition coefficient (Wildman–Crippen LogP) is 2.93. The average molecular weight is 212 g/mol. The highest BCUT2D eigenvalue weighted by Crippen LogP contribution is 2.35. The number of aliphatic hydroxyl groups is 1. The van der Waals surface area contributed by atoms with Crippen molar-refractivity contribution in [3.8, 4) is 0 Å². The van der Waals surface area contributed by atoms with Gasteiger partial charge >= 0.3 is 0 Å². The molecule has 2 atom stereocenters. The third-order valence-electron chi connectivity index (χ3n) is 3.48. The quantitative estimate of drug-likeness (QED) is 0.711. The predicted molar refractivity (Wildman–Crippen MR) is 61.7 cm³/mol. The zero-order valence-corrected chi connectivity index (χ0v) is 10.0. The van der Waals surface area contributed by atoms with Gasteiger partial charge < -0.3 is 9.90 Å². The Labute approximate surface area is 93.1 Å². The van der Waals surface area contributed by atoms with Crippen LogP contribution >= 0.6 is 0 Å². The first kappa shape index (κ1) is 12.7. The molecule has 0 aromatic carbocycles. The minimum absolute atomic E-state index is 0.0998. The zero-order valence-electron chi connectivity index (χ0n) is 10.0. The standard InChI is InChI=1S/C13H24O2/c1-11(2)5-3-7-13(15)8-4-6-12(9-13)10-14/h10-12,15H,3-9H2,1-2H3. The maximum absolute atomic E-state index is 10.7. The first-order valence-electron chi connectivity index (χ1n) is 6.23. The highest BCUT2D eigenvalue weighted by Gasteiger charge is 2.33. The first-order chi connectivity index (χ1) is 7.06.